The molecule has 1 aromatic heterocycles. The minimum Gasteiger partial charge on any atom is -0.396 e. The van der Waals surface area contributed by atoms with Crippen LogP contribution >= 0.6 is 0 Å². The molecule has 30 heavy (non-hydrogen) atoms. The molecule has 0 radical (unpaired) electrons. The summed E-state index contributed by atoms with van der Waals surface area (Å²) in [7, 11) is 0. The van der Waals surface area contributed by atoms with E-state index < -0.39 is 0 Å². The van der Waals surface area contributed by atoms with Gasteiger partial charge in [0, 0.05) is 56.3 Å². The van der Waals surface area contributed by atoms with Gasteiger partial charge in [0.1, 0.15) is 11.3 Å². The van der Waals surface area contributed by atoms with Crippen LogP contribution in [0.2, 0.25) is 0 Å². The van der Waals surface area contributed by atoms with Crippen LogP contribution in [0.25, 0.3) is 10.9 Å². The van der Waals surface area contributed by atoms with Crippen molar-refractivity contribution in [2.45, 2.75) is 57.8 Å². The first-order chi connectivity index (χ1) is 14.5. The van der Waals surface area contributed by atoms with Crippen LogP contribution < -0.4 is 0 Å². The van der Waals surface area contributed by atoms with E-state index >= 15 is 0 Å². The number of para-hydroxylation sites is 1. The normalized spacial score (nSPS) is 22.9. The van der Waals surface area contributed by atoms with Crippen LogP contribution in [0.15, 0.2) is 30.3 Å². The molecule has 0 aliphatic carbocycles. The molecular weight excluding hydrogens is 379 g/mol. The predicted molar refractivity (Wildman–Crippen MR) is 119 cm³/mol. The number of hydrogen-bond donors (Lipinski definition) is 1. The molecule has 5 nitrogen and oxygen atoms in total. The molecule has 4 rings (SSSR count). The number of aromatic nitrogens is 1. The quantitative estimate of drug-likeness (QED) is 0.787. The molecule has 164 valence electrons. The number of rotatable bonds is 6. The number of piperazine rings is 1. The smallest absolute Gasteiger partial charge is 0.149 e. The molecule has 1 atom stereocenters. The molecule has 2 aliphatic heterocycles. The number of hydrogen-bond acceptors (Lipinski definition) is 5. The summed E-state index contributed by atoms with van der Waals surface area (Å²) in [6.45, 7) is 10.8. The Morgan fingerprint density at radius 1 is 1.10 bits per heavy atom. The summed E-state index contributed by atoms with van der Waals surface area (Å²) in [6, 6.07) is 10.7. The predicted octanol–water partition coefficient (Wildman–Crippen LogP) is 3.12. The first-order valence-corrected chi connectivity index (χ1v) is 11.4. The van der Waals surface area contributed by atoms with Gasteiger partial charge in [0.25, 0.3) is 0 Å². The minimum absolute atomic E-state index is 0.222. The van der Waals surface area contributed by atoms with Gasteiger partial charge in [-0.05, 0) is 58.3 Å². The second-order valence-electron chi connectivity index (χ2n) is 9.11. The van der Waals surface area contributed by atoms with E-state index in [4.69, 9.17) is 0 Å². The zero-order valence-corrected chi connectivity index (χ0v) is 18.3. The fourth-order valence-corrected chi connectivity index (χ4v) is 5.17. The lowest BCUT2D eigenvalue weighted by Gasteiger charge is -2.48. The molecule has 2 saturated heterocycles. The van der Waals surface area contributed by atoms with Crippen molar-refractivity contribution in [2.24, 2.45) is 0 Å². The first-order valence-electron chi connectivity index (χ1n) is 11.4. The van der Waals surface area contributed by atoms with Gasteiger partial charge in [0.05, 0.1) is 5.69 Å². The molecule has 1 aromatic carbocycles. The van der Waals surface area contributed by atoms with E-state index in [9.17, 15) is 9.50 Å². The highest BCUT2D eigenvalue weighted by Gasteiger charge is 2.33. The highest BCUT2D eigenvalue weighted by atomic mass is 19.1. The van der Waals surface area contributed by atoms with Gasteiger partial charge < -0.3 is 10.0 Å². The summed E-state index contributed by atoms with van der Waals surface area (Å²) in [5.41, 5.74) is 1.37. The molecule has 2 fully saturated rings. The molecule has 6 heteroatoms. The number of piperidine rings is 1. The van der Waals surface area contributed by atoms with Crippen LogP contribution in [0.4, 0.5) is 4.39 Å². The SMILES string of the molecule is CC(C)N1CCC(N2CCN(Cc3ccc4cccc(F)c4n3)C[C@H]2CCO)CC1. The number of benzene rings is 1. The summed E-state index contributed by atoms with van der Waals surface area (Å²) in [5, 5.41) is 10.5. The maximum absolute atomic E-state index is 14.1. The van der Waals surface area contributed by atoms with E-state index in [1.54, 1.807) is 6.07 Å². The highest BCUT2D eigenvalue weighted by molar-refractivity contribution is 5.79. The lowest BCUT2D eigenvalue weighted by atomic mass is 9.97. The van der Waals surface area contributed by atoms with Crippen molar-refractivity contribution in [3.05, 3.63) is 41.8 Å². The van der Waals surface area contributed by atoms with Crippen LogP contribution in [0.1, 0.15) is 38.8 Å². The molecule has 2 aromatic rings. The zero-order chi connectivity index (χ0) is 21.1. The van der Waals surface area contributed by atoms with Gasteiger partial charge in [-0.3, -0.25) is 9.80 Å². The molecule has 0 bridgehead atoms. The molecule has 0 spiro atoms. The maximum atomic E-state index is 14.1. The minimum atomic E-state index is -0.259. The number of fused-ring (bicyclic) bond motifs is 1. The summed E-state index contributed by atoms with van der Waals surface area (Å²) in [4.78, 5) is 12.2. The highest BCUT2D eigenvalue weighted by Crippen LogP contribution is 2.25. The van der Waals surface area contributed by atoms with E-state index in [0.29, 0.717) is 23.6 Å². The molecule has 0 unspecified atom stereocenters. The van der Waals surface area contributed by atoms with Crippen LogP contribution in [-0.2, 0) is 6.54 Å². The number of nitrogens with zero attached hydrogens (tertiary/aromatic N) is 4. The van der Waals surface area contributed by atoms with Crippen LogP contribution in [0.3, 0.4) is 0 Å². The van der Waals surface area contributed by atoms with Crippen LogP contribution in [-0.4, -0.2) is 82.2 Å². The summed E-state index contributed by atoms with van der Waals surface area (Å²) >= 11 is 0. The number of likely N-dealkylation sites (tertiary alicyclic amines) is 1. The third kappa shape index (κ3) is 4.83. The number of pyridine rings is 1. The van der Waals surface area contributed by atoms with E-state index in [1.165, 1.54) is 32.0 Å². The van der Waals surface area contributed by atoms with E-state index in [0.717, 1.165) is 43.7 Å². The second kappa shape index (κ2) is 9.69. The van der Waals surface area contributed by atoms with Gasteiger partial charge in [-0.15, -0.1) is 0 Å². The Bertz CT molecular complexity index is 837. The Morgan fingerprint density at radius 2 is 1.90 bits per heavy atom. The second-order valence-corrected chi connectivity index (χ2v) is 9.11. The van der Waals surface area contributed by atoms with E-state index in [2.05, 4.69) is 33.5 Å². The molecular formula is C24H35FN4O. The third-order valence-electron chi connectivity index (χ3n) is 6.89. The van der Waals surface area contributed by atoms with Crippen molar-refractivity contribution in [3.8, 4) is 0 Å². The monoisotopic (exact) mass is 414 g/mol. The van der Waals surface area contributed by atoms with Crippen molar-refractivity contribution in [3.63, 3.8) is 0 Å². The van der Waals surface area contributed by atoms with Crippen molar-refractivity contribution >= 4 is 10.9 Å². The largest absolute Gasteiger partial charge is 0.396 e. The average molecular weight is 415 g/mol. The Morgan fingerprint density at radius 3 is 2.63 bits per heavy atom. The van der Waals surface area contributed by atoms with Crippen LogP contribution in [0, 0.1) is 5.82 Å². The summed E-state index contributed by atoms with van der Waals surface area (Å²) in [5.74, 6) is -0.259. The molecule has 0 saturated carbocycles. The molecule has 2 aliphatic rings. The Balaban J connectivity index is 1.40. The van der Waals surface area contributed by atoms with Gasteiger partial charge in [-0.1, -0.05) is 18.2 Å². The molecule has 1 N–H and O–H groups in total. The number of aliphatic hydroxyl groups is 1. The Kier molecular flexibility index (Phi) is 6.98. The fraction of sp³-hybridized carbons (Fsp3) is 0.625. The Hall–Kier alpha value is -1.60. The third-order valence-corrected chi connectivity index (χ3v) is 6.89. The lowest BCUT2D eigenvalue weighted by Crippen LogP contribution is -2.58. The first kappa shape index (κ1) is 21.6. The van der Waals surface area contributed by atoms with Crippen molar-refractivity contribution in [2.75, 3.05) is 39.3 Å². The fourth-order valence-electron chi connectivity index (χ4n) is 5.17. The van der Waals surface area contributed by atoms with Gasteiger partial charge in [-0.2, -0.15) is 0 Å². The van der Waals surface area contributed by atoms with E-state index in [-0.39, 0.29) is 12.4 Å². The number of halogens is 1. The van der Waals surface area contributed by atoms with Crippen molar-refractivity contribution < 1.29 is 9.50 Å². The van der Waals surface area contributed by atoms with Gasteiger partial charge in [-0.25, -0.2) is 9.37 Å². The average Bonchev–Trinajstić information content (AvgIpc) is 2.75. The van der Waals surface area contributed by atoms with Crippen molar-refractivity contribution in [1.82, 2.24) is 19.7 Å². The Labute approximate surface area is 179 Å². The number of aliphatic hydroxyl groups excluding tert-OH is 1. The van der Waals surface area contributed by atoms with Gasteiger partial charge in [0.15, 0.2) is 0 Å². The zero-order valence-electron chi connectivity index (χ0n) is 18.3. The molecule has 0 amide bonds. The van der Waals surface area contributed by atoms with Gasteiger partial charge in [0.2, 0.25) is 0 Å². The van der Waals surface area contributed by atoms with E-state index in [1.807, 2.05) is 18.2 Å². The topological polar surface area (TPSA) is 42.8 Å². The van der Waals surface area contributed by atoms with Gasteiger partial charge >= 0.3 is 0 Å². The maximum Gasteiger partial charge on any atom is 0.149 e. The lowest BCUT2D eigenvalue weighted by molar-refractivity contribution is -0.000317. The van der Waals surface area contributed by atoms with Crippen molar-refractivity contribution in [1.29, 1.82) is 0 Å². The standard InChI is InChI=1S/C24H35FN4O/c1-18(2)28-11-8-21(9-12-28)29-14-13-27(17-22(29)10-15-30)16-20-7-6-19-4-3-5-23(25)24(19)26-20/h3-7,18,21-22,30H,8-17H2,1-2H3/t22-/m1/s1. The van der Waals surface area contributed by atoms with Crippen LogP contribution in [0.5, 0.6) is 0 Å². The summed E-state index contributed by atoms with van der Waals surface area (Å²) < 4.78 is 14.1. The molecule has 3 heterocycles. The summed E-state index contributed by atoms with van der Waals surface area (Å²) in [6.07, 6.45) is 3.23.